The van der Waals surface area contributed by atoms with Crippen LogP contribution < -0.4 is 5.11 Å². The van der Waals surface area contributed by atoms with Crippen molar-refractivity contribution in [2.24, 2.45) is 0 Å². The average Bonchev–Trinajstić information content (AvgIpc) is 2.96. The summed E-state index contributed by atoms with van der Waals surface area (Å²) < 4.78 is 0. The largest absolute Gasteiger partial charge is 2.00 e. The van der Waals surface area contributed by atoms with E-state index < -0.39 is 12.1 Å². The molecule has 0 aliphatic heterocycles. The van der Waals surface area contributed by atoms with Gasteiger partial charge in [0, 0.05) is 103 Å². The Morgan fingerprint density at radius 1 is 0.674 bits per heavy atom. The smallest absolute Gasteiger partial charge is 0.550 e. The zero-order valence-corrected chi connectivity index (χ0v) is 34.0. The van der Waals surface area contributed by atoms with Crippen LogP contribution in [-0.2, 0) is 103 Å². The predicted octanol–water partition coefficient (Wildman–Crippen LogP) is 2.92. The molecule has 4 heterocycles. The van der Waals surface area contributed by atoms with Gasteiger partial charge in [-0.2, -0.15) is 6.92 Å². The van der Waals surface area contributed by atoms with Crippen molar-refractivity contribution >= 4 is 5.97 Å². The molecule has 0 fully saturated rings. The Hall–Kier alpha value is -1.70. The molecule has 0 unspecified atom stereocenters. The SMILES string of the molecule is CC(=O)[O-].OC(CN(Cc1ccccn1)Cc1ccccn1)CN(Cc1ccccn1)Cc1ccccn1.[CH2-]C.[Y].[Zn+2].[Zn+2]. The van der Waals surface area contributed by atoms with E-state index in [1.165, 1.54) is 0 Å². The van der Waals surface area contributed by atoms with E-state index >= 15 is 0 Å². The third-order valence-electron chi connectivity index (χ3n) is 5.38. The number of hydrogen-bond acceptors (Lipinski definition) is 9. The van der Waals surface area contributed by atoms with Crippen molar-refractivity contribution in [3.8, 4) is 0 Å². The van der Waals surface area contributed by atoms with E-state index in [-0.39, 0.29) is 71.7 Å². The molecule has 43 heavy (non-hydrogen) atoms. The normalized spacial score (nSPS) is 9.74. The van der Waals surface area contributed by atoms with Crippen molar-refractivity contribution in [1.29, 1.82) is 0 Å². The number of aliphatic carboxylic acids is 1. The molecule has 12 heteroatoms. The molecule has 215 valence electrons. The summed E-state index contributed by atoms with van der Waals surface area (Å²) in [5, 5.41) is 20.0. The van der Waals surface area contributed by atoms with Gasteiger partial charge in [-0.05, 0) is 55.5 Å². The number of carbonyl (C=O) groups is 1. The Balaban J connectivity index is 0. The Labute approximate surface area is 306 Å². The summed E-state index contributed by atoms with van der Waals surface area (Å²) in [7, 11) is 0. The van der Waals surface area contributed by atoms with Crippen LogP contribution in [0.1, 0.15) is 36.6 Å². The van der Waals surface area contributed by atoms with Crippen molar-refractivity contribution in [3.63, 3.8) is 0 Å². The van der Waals surface area contributed by atoms with E-state index in [1.54, 1.807) is 31.7 Å². The quantitative estimate of drug-likeness (QED) is 0.172. The molecule has 0 amide bonds. The van der Waals surface area contributed by atoms with Crippen LogP contribution in [0.3, 0.4) is 0 Å². The second kappa shape index (κ2) is 26.7. The van der Waals surface area contributed by atoms with Crippen LogP contribution in [0.5, 0.6) is 0 Å². The van der Waals surface area contributed by atoms with Gasteiger partial charge in [0.15, 0.2) is 0 Å². The second-order valence-corrected chi connectivity index (χ2v) is 8.77. The monoisotopic (exact) mass is 759 g/mol. The molecule has 4 aromatic heterocycles. The fourth-order valence-electron chi connectivity index (χ4n) is 3.91. The third-order valence-corrected chi connectivity index (χ3v) is 5.38. The van der Waals surface area contributed by atoms with Gasteiger partial charge in [-0.15, -0.1) is 0 Å². The Morgan fingerprint density at radius 2 is 0.907 bits per heavy atom. The number of rotatable bonds is 12. The summed E-state index contributed by atoms with van der Waals surface area (Å²) in [5.41, 5.74) is 3.85. The van der Waals surface area contributed by atoms with Gasteiger partial charge in [0.2, 0.25) is 0 Å². The first-order valence-corrected chi connectivity index (χ1v) is 13.1. The number of pyridine rings is 4. The van der Waals surface area contributed by atoms with Crippen LogP contribution in [0.4, 0.5) is 0 Å². The predicted molar refractivity (Wildman–Crippen MR) is 153 cm³/mol. The van der Waals surface area contributed by atoms with E-state index in [9.17, 15) is 5.11 Å². The van der Waals surface area contributed by atoms with Crippen molar-refractivity contribution in [2.75, 3.05) is 13.1 Å². The van der Waals surface area contributed by atoms with Crippen LogP contribution in [0.2, 0.25) is 0 Å². The number of carboxylic acids is 1. The fraction of sp³-hybridized carbons (Fsp3) is 0.290. The van der Waals surface area contributed by atoms with Gasteiger partial charge in [0.1, 0.15) is 0 Å². The summed E-state index contributed by atoms with van der Waals surface area (Å²) >= 11 is 0. The third kappa shape index (κ3) is 20.0. The number of aliphatic hydroxyl groups excluding tert-OH is 1. The molecular weight excluding hydrogens is 724 g/mol. The van der Waals surface area contributed by atoms with Crippen LogP contribution in [0, 0.1) is 6.92 Å². The molecule has 0 saturated carbocycles. The van der Waals surface area contributed by atoms with Crippen LogP contribution >= 0.6 is 0 Å². The van der Waals surface area contributed by atoms with Gasteiger partial charge >= 0.3 is 39.0 Å². The Kier molecular flexibility index (Phi) is 26.9. The summed E-state index contributed by atoms with van der Waals surface area (Å²) in [5.74, 6) is -1.08. The first-order chi connectivity index (χ1) is 19.5. The maximum absolute atomic E-state index is 11.1. The van der Waals surface area contributed by atoms with Crippen LogP contribution in [0.25, 0.3) is 0 Å². The minimum Gasteiger partial charge on any atom is -0.550 e. The summed E-state index contributed by atoms with van der Waals surface area (Å²) in [6.07, 6.45) is 6.62. The van der Waals surface area contributed by atoms with Gasteiger partial charge in [-0.3, -0.25) is 29.7 Å². The average molecular weight is 762 g/mol. The Bertz CT molecular complexity index is 1030. The number of carbonyl (C=O) groups excluding carboxylic acids is 1. The molecule has 0 aliphatic carbocycles. The second-order valence-electron chi connectivity index (χ2n) is 8.77. The maximum Gasteiger partial charge on any atom is 2.00 e. The number of carboxylic acid groups (broad SMARTS) is 1. The molecule has 0 saturated heterocycles. The molecule has 1 radical (unpaired) electrons. The molecule has 0 spiro atoms. The van der Waals surface area contributed by atoms with E-state index in [4.69, 9.17) is 9.90 Å². The molecule has 0 bridgehead atoms. The summed E-state index contributed by atoms with van der Waals surface area (Å²) in [6.45, 7) is 9.50. The summed E-state index contributed by atoms with van der Waals surface area (Å²) in [4.78, 5) is 31.1. The van der Waals surface area contributed by atoms with Crippen molar-refractivity contribution in [3.05, 3.63) is 127 Å². The van der Waals surface area contributed by atoms with Crippen molar-refractivity contribution in [1.82, 2.24) is 29.7 Å². The first kappa shape index (κ1) is 43.4. The summed E-state index contributed by atoms with van der Waals surface area (Å²) in [6, 6.07) is 23.6. The zero-order valence-electron chi connectivity index (χ0n) is 25.2. The number of aromatic nitrogens is 4. The molecule has 1 N–H and O–H groups in total. The maximum atomic E-state index is 11.1. The van der Waals surface area contributed by atoms with Gasteiger partial charge in [0.25, 0.3) is 0 Å². The topological polar surface area (TPSA) is 118 Å². The Morgan fingerprint density at radius 3 is 1.09 bits per heavy atom. The number of nitrogens with zero attached hydrogens (tertiary/aromatic N) is 6. The van der Waals surface area contributed by atoms with Gasteiger partial charge in [-0.25, -0.2) is 0 Å². The zero-order chi connectivity index (χ0) is 29.0. The van der Waals surface area contributed by atoms with E-state index in [1.807, 2.05) is 72.8 Å². The molecule has 9 nitrogen and oxygen atoms in total. The van der Waals surface area contributed by atoms with E-state index in [0.29, 0.717) is 39.3 Å². The molecule has 0 atom stereocenters. The minimum absolute atomic E-state index is 0. The number of aliphatic hydroxyl groups is 1. The molecule has 4 rings (SSSR count). The molecule has 0 aliphatic rings. The van der Waals surface area contributed by atoms with Gasteiger partial charge < -0.3 is 21.9 Å². The van der Waals surface area contributed by atoms with Crippen molar-refractivity contribution in [2.45, 2.75) is 46.1 Å². The minimum atomic E-state index is -1.08. The van der Waals surface area contributed by atoms with Gasteiger partial charge in [0.05, 0.1) is 28.9 Å². The molecule has 0 aromatic carbocycles. The van der Waals surface area contributed by atoms with Crippen LogP contribution in [0.15, 0.2) is 97.6 Å². The fourth-order valence-corrected chi connectivity index (χ4v) is 3.91. The van der Waals surface area contributed by atoms with Crippen molar-refractivity contribution < 1.29 is 86.7 Å². The standard InChI is InChI=1S/C27H30N6O.C2H4O2.C2H5.Y.2Zn/c34-27(21-32(17-23-9-1-5-13-28-23)18-24-10-2-6-14-29-24)22-33(19-25-11-3-7-15-30-25)20-26-12-4-8-16-31-26;1-2(3)4;1-2;;;/h1-16,27,34H,17-22H2;1H3,(H,3,4);1H2,2H3;;;/q;;-1;;2*+2/p-1. The van der Waals surface area contributed by atoms with E-state index in [2.05, 4.69) is 36.7 Å². The first-order valence-electron chi connectivity index (χ1n) is 13.1. The van der Waals surface area contributed by atoms with Crippen LogP contribution in [-0.4, -0.2) is 60.0 Å². The molecule has 4 aromatic rings. The van der Waals surface area contributed by atoms with E-state index in [0.717, 1.165) is 29.7 Å². The molecular formula is C31H38N6O3YZn2+2. The van der Waals surface area contributed by atoms with Gasteiger partial charge in [-0.1, -0.05) is 24.3 Å². The number of hydrogen-bond donors (Lipinski definition) is 1.